The summed E-state index contributed by atoms with van der Waals surface area (Å²) >= 11 is 0. The number of aryl methyl sites for hydroxylation is 1. The first-order valence-electron chi connectivity index (χ1n) is 5.36. The summed E-state index contributed by atoms with van der Waals surface area (Å²) in [5, 5.41) is 13.4. The first-order valence-corrected chi connectivity index (χ1v) is 5.36. The summed E-state index contributed by atoms with van der Waals surface area (Å²) in [4.78, 5) is 11.2. The number of aliphatic carboxylic acids is 1. The standard InChI is InChI=1S/C11H14N2O2/c1-13-8(3-5-12-13)11-4-2-7(6-11)9(11)10(14)15/h3,5,7,9H,2,4,6H2,1H3,(H,14,15)/t7-,9+,11+/m0/s1. The second kappa shape index (κ2) is 2.62. The molecule has 0 radical (unpaired) electrons. The van der Waals surface area contributed by atoms with Gasteiger partial charge in [-0.15, -0.1) is 0 Å². The summed E-state index contributed by atoms with van der Waals surface area (Å²) in [5.41, 5.74) is 0.991. The van der Waals surface area contributed by atoms with Crippen molar-refractivity contribution in [2.24, 2.45) is 18.9 Å². The summed E-state index contributed by atoms with van der Waals surface area (Å²) in [6, 6.07) is 1.97. The van der Waals surface area contributed by atoms with Crippen LogP contribution in [0, 0.1) is 11.8 Å². The number of hydrogen-bond acceptors (Lipinski definition) is 2. The second-order valence-corrected chi connectivity index (χ2v) is 4.81. The Kier molecular flexibility index (Phi) is 1.56. The van der Waals surface area contributed by atoms with Gasteiger partial charge in [0.05, 0.1) is 5.92 Å². The molecule has 0 saturated heterocycles. The fourth-order valence-corrected chi connectivity index (χ4v) is 3.66. The van der Waals surface area contributed by atoms with Crippen LogP contribution in [0.2, 0.25) is 0 Å². The molecule has 4 heteroatoms. The molecule has 3 atom stereocenters. The van der Waals surface area contributed by atoms with Crippen LogP contribution in [0.1, 0.15) is 25.0 Å². The molecule has 0 amide bonds. The van der Waals surface area contributed by atoms with Gasteiger partial charge in [-0.1, -0.05) is 0 Å². The van der Waals surface area contributed by atoms with Gasteiger partial charge in [-0.25, -0.2) is 0 Å². The van der Waals surface area contributed by atoms with E-state index in [1.807, 2.05) is 17.8 Å². The van der Waals surface area contributed by atoms with Crippen molar-refractivity contribution in [2.45, 2.75) is 24.7 Å². The molecule has 80 valence electrons. The van der Waals surface area contributed by atoms with E-state index in [1.54, 1.807) is 6.20 Å². The maximum absolute atomic E-state index is 11.2. The fraction of sp³-hybridized carbons (Fsp3) is 0.636. The van der Waals surface area contributed by atoms with Crippen LogP contribution < -0.4 is 0 Å². The highest BCUT2D eigenvalue weighted by Crippen LogP contribution is 2.63. The number of carbonyl (C=O) groups is 1. The molecule has 0 unspecified atom stereocenters. The molecule has 0 aliphatic heterocycles. The molecule has 3 aliphatic carbocycles. The van der Waals surface area contributed by atoms with Gasteiger partial charge in [0, 0.05) is 24.4 Å². The number of carboxylic acid groups (broad SMARTS) is 1. The second-order valence-electron chi connectivity index (χ2n) is 4.81. The van der Waals surface area contributed by atoms with Gasteiger partial charge >= 0.3 is 5.97 Å². The molecule has 3 fully saturated rings. The van der Waals surface area contributed by atoms with E-state index in [0.717, 1.165) is 25.0 Å². The molecule has 0 aromatic carbocycles. The van der Waals surface area contributed by atoms with Crippen LogP contribution in [0.5, 0.6) is 0 Å². The maximum Gasteiger partial charge on any atom is 0.307 e. The van der Waals surface area contributed by atoms with Crippen LogP contribution in [0.4, 0.5) is 0 Å². The molecule has 0 spiro atoms. The van der Waals surface area contributed by atoms with Crippen molar-refractivity contribution < 1.29 is 9.90 Å². The fourth-order valence-electron chi connectivity index (χ4n) is 3.66. The number of nitrogens with zero attached hydrogens (tertiary/aromatic N) is 2. The Hall–Kier alpha value is -1.32. The van der Waals surface area contributed by atoms with Crippen LogP contribution in [0.25, 0.3) is 0 Å². The van der Waals surface area contributed by atoms with E-state index in [-0.39, 0.29) is 11.3 Å². The molecular weight excluding hydrogens is 192 g/mol. The monoisotopic (exact) mass is 206 g/mol. The third-order valence-electron chi connectivity index (χ3n) is 4.25. The normalized spacial score (nSPS) is 37.7. The minimum Gasteiger partial charge on any atom is -0.481 e. The molecule has 1 N–H and O–H groups in total. The molecular formula is C11H14N2O2. The van der Waals surface area contributed by atoms with Crippen LogP contribution in [-0.4, -0.2) is 20.9 Å². The molecule has 1 heterocycles. The molecule has 3 saturated carbocycles. The summed E-state index contributed by atoms with van der Waals surface area (Å²) in [7, 11) is 1.90. The average Bonchev–Trinajstić information content (AvgIpc) is 2.73. The van der Waals surface area contributed by atoms with E-state index in [2.05, 4.69) is 5.10 Å². The topological polar surface area (TPSA) is 55.1 Å². The van der Waals surface area contributed by atoms with E-state index < -0.39 is 5.97 Å². The minimum atomic E-state index is -0.634. The minimum absolute atomic E-state index is 0.109. The Balaban J connectivity index is 2.05. The van der Waals surface area contributed by atoms with Crippen molar-refractivity contribution >= 4 is 5.97 Å². The highest BCUT2D eigenvalue weighted by atomic mass is 16.4. The van der Waals surface area contributed by atoms with Gasteiger partial charge in [-0.3, -0.25) is 9.48 Å². The largest absolute Gasteiger partial charge is 0.481 e. The maximum atomic E-state index is 11.2. The molecule has 4 nitrogen and oxygen atoms in total. The first kappa shape index (κ1) is 8.95. The molecule has 2 bridgehead atoms. The van der Waals surface area contributed by atoms with Gasteiger partial charge in [0.1, 0.15) is 0 Å². The van der Waals surface area contributed by atoms with Gasteiger partial charge in [-0.2, -0.15) is 5.10 Å². The van der Waals surface area contributed by atoms with Gasteiger partial charge in [0.25, 0.3) is 0 Å². The van der Waals surface area contributed by atoms with Crippen molar-refractivity contribution in [1.82, 2.24) is 9.78 Å². The number of aromatic nitrogens is 2. The number of rotatable bonds is 2. The summed E-state index contributed by atoms with van der Waals surface area (Å²) in [6.45, 7) is 0. The van der Waals surface area contributed by atoms with E-state index in [1.165, 1.54) is 0 Å². The van der Waals surface area contributed by atoms with E-state index >= 15 is 0 Å². The Morgan fingerprint density at radius 2 is 2.53 bits per heavy atom. The zero-order valence-corrected chi connectivity index (χ0v) is 8.68. The van der Waals surface area contributed by atoms with Crippen LogP contribution in [-0.2, 0) is 17.3 Å². The Labute approximate surface area is 87.9 Å². The van der Waals surface area contributed by atoms with Crippen LogP contribution >= 0.6 is 0 Å². The highest BCUT2D eigenvalue weighted by molar-refractivity contribution is 5.75. The van der Waals surface area contributed by atoms with Crippen molar-refractivity contribution in [2.75, 3.05) is 0 Å². The summed E-state index contributed by atoms with van der Waals surface area (Å²) in [5.74, 6) is -0.407. The quantitative estimate of drug-likeness (QED) is 0.790. The van der Waals surface area contributed by atoms with Crippen LogP contribution in [0.3, 0.4) is 0 Å². The van der Waals surface area contributed by atoms with E-state index in [4.69, 9.17) is 0 Å². The summed E-state index contributed by atoms with van der Waals surface area (Å²) in [6.07, 6.45) is 4.86. The summed E-state index contributed by atoms with van der Waals surface area (Å²) < 4.78 is 1.83. The van der Waals surface area contributed by atoms with Gasteiger partial charge < -0.3 is 5.11 Å². The SMILES string of the molecule is Cn1nccc1[C@@]12CC[C@@H](C1)[C@@H]2C(=O)O. The van der Waals surface area contributed by atoms with Gasteiger partial charge in [0.15, 0.2) is 0 Å². The van der Waals surface area contributed by atoms with E-state index in [0.29, 0.717) is 5.92 Å². The Morgan fingerprint density at radius 3 is 3.07 bits per heavy atom. The number of fused-ring (bicyclic) bond motifs is 1. The molecule has 1 aromatic heterocycles. The van der Waals surface area contributed by atoms with E-state index in [9.17, 15) is 9.90 Å². The van der Waals surface area contributed by atoms with Crippen molar-refractivity contribution in [3.05, 3.63) is 18.0 Å². The predicted octanol–water partition coefficient (Wildman–Crippen LogP) is 1.17. The van der Waals surface area contributed by atoms with Crippen LogP contribution in [0.15, 0.2) is 12.3 Å². The lowest BCUT2D eigenvalue weighted by atomic mass is 9.58. The molecule has 4 rings (SSSR count). The Bertz CT molecular complexity index is 422. The lowest BCUT2D eigenvalue weighted by molar-refractivity contribution is -0.150. The molecule has 15 heavy (non-hydrogen) atoms. The molecule has 1 aromatic rings. The molecule has 3 aliphatic rings. The third kappa shape index (κ3) is 0.919. The highest BCUT2D eigenvalue weighted by Gasteiger charge is 2.64. The van der Waals surface area contributed by atoms with Crippen molar-refractivity contribution in [3.63, 3.8) is 0 Å². The van der Waals surface area contributed by atoms with Gasteiger partial charge in [0.2, 0.25) is 0 Å². The Morgan fingerprint density at radius 1 is 1.73 bits per heavy atom. The number of hydrogen-bond donors (Lipinski definition) is 1. The lowest BCUT2D eigenvalue weighted by Crippen LogP contribution is -2.49. The van der Waals surface area contributed by atoms with Crippen molar-refractivity contribution in [3.8, 4) is 0 Å². The zero-order chi connectivity index (χ0) is 10.6. The van der Waals surface area contributed by atoms with Gasteiger partial charge in [-0.05, 0) is 31.2 Å². The van der Waals surface area contributed by atoms with Crippen molar-refractivity contribution in [1.29, 1.82) is 0 Å². The average molecular weight is 206 g/mol. The first-order chi connectivity index (χ1) is 7.15. The predicted molar refractivity (Wildman–Crippen MR) is 53.4 cm³/mol. The zero-order valence-electron chi connectivity index (χ0n) is 8.68. The third-order valence-corrected chi connectivity index (χ3v) is 4.25. The lowest BCUT2D eigenvalue weighted by Gasteiger charge is -2.44. The smallest absolute Gasteiger partial charge is 0.307 e. The number of carboxylic acids is 1.